The number of carbonyl (C=O) groups is 1. The van der Waals surface area contributed by atoms with Gasteiger partial charge in [-0.25, -0.2) is 0 Å². The summed E-state index contributed by atoms with van der Waals surface area (Å²) in [5, 5.41) is 44.2. The summed E-state index contributed by atoms with van der Waals surface area (Å²) in [5.74, 6) is -0.361. The fourth-order valence-corrected chi connectivity index (χ4v) is 1.40. The van der Waals surface area contributed by atoms with Crippen LogP contribution in [0.4, 0.5) is 0 Å². The van der Waals surface area contributed by atoms with Crippen LogP contribution in [-0.4, -0.2) is 62.2 Å². The van der Waals surface area contributed by atoms with Gasteiger partial charge in [0, 0.05) is 5.75 Å². The van der Waals surface area contributed by atoms with Gasteiger partial charge in [0.2, 0.25) is 0 Å². The lowest BCUT2D eigenvalue weighted by atomic mass is 9.86. The van der Waals surface area contributed by atoms with E-state index in [0.717, 1.165) is 0 Å². The molecule has 0 radical (unpaired) electrons. The monoisotopic (exact) mass is 298 g/mol. The summed E-state index contributed by atoms with van der Waals surface area (Å²) in [5.41, 5.74) is -0.116. The molecule has 0 saturated carbocycles. The number of aliphatic hydroxyl groups excluding tert-OH is 4. The normalized spacial score (nSPS) is 16.0. The highest BCUT2D eigenvalue weighted by Crippen LogP contribution is 2.22. The molecule has 0 heterocycles. The predicted octanol–water partition coefficient (Wildman–Crippen LogP) is -0.112. The number of carboxylic acids is 1. The molecule has 0 aromatic rings. The zero-order valence-electron chi connectivity index (χ0n) is 11.7. The zero-order chi connectivity index (χ0) is 15.6. The van der Waals surface area contributed by atoms with Crippen LogP contribution in [0.25, 0.3) is 0 Å². The number of thiol groups is 1. The van der Waals surface area contributed by atoms with E-state index in [1.54, 1.807) is 0 Å². The molecule has 0 fully saturated rings. The second kappa shape index (κ2) is 10.4. The maximum absolute atomic E-state index is 9.55. The highest BCUT2D eigenvalue weighted by Gasteiger charge is 2.27. The van der Waals surface area contributed by atoms with Crippen LogP contribution in [0.2, 0.25) is 0 Å². The molecule has 19 heavy (non-hydrogen) atoms. The fraction of sp³-hybridized carbons (Fsp3) is 0.917. The topological polar surface area (TPSA) is 118 Å². The molecule has 6 nitrogen and oxygen atoms in total. The Morgan fingerprint density at radius 2 is 1.63 bits per heavy atom. The van der Waals surface area contributed by atoms with Crippen molar-refractivity contribution in [1.82, 2.24) is 0 Å². The molecular weight excluding hydrogens is 272 g/mol. The van der Waals surface area contributed by atoms with Crippen molar-refractivity contribution in [3.8, 4) is 0 Å². The van der Waals surface area contributed by atoms with Crippen LogP contribution in [0.5, 0.6) is 0 Å². The van der Waals surface area contributed by atoms with Crippen LogP contribution in [0.15, 0.2) is 0 Å². The molecule has 1 unspecified atom stereocenters. The summed E-state index contributed by atoms with van der Waals surface area (Å²) in [6, 6.07) is 0. The molecule has 0 saturated heterocycles. The second-order valence-corrected chi connectivity index (χ2v) is 5.89. The Bertz CT molecular complexity index is 241. The van der Waals surface area contributed by atoms with Crippen molar-refractivity contribution in [3.05, 3.63) is 0 Å². The van der Waals surface area contributed by atoms with Gasteiger partial charge in [0.15, 0.2) is 0 Å². The van der Waals surface area contributed by atoms with Gasteiger partial charge < -0.3 is 25.5 Å². The van der Waals surface area contributed by atoms with Gasteiger partial charge >= 0.3 is 5.97 Å². The highest BCUT2D eigenvalue weighted by atomic mass is 32.1. The molecule has 0 aliphatic carbocycles. The average molecular weight is 298 g/mol. The van der Waals surface area contributed by atoms with Gasteiger partial charge in [0.05, 0.1) is 19.1 Å². The quantitative estimate of drug-likeness (QED) is 0.381. The van der Waals surface area contributed by atoms with Crippen LogP contribution in [0.1, 0.15) is 33.6 Å². The first-order valence-electron chi connectivity index (χ1n) is 6.03. The molecule has 0 rings (SSSR count). The first-order chi connectivity index (χ1) is 8.55. The number of hydrogen-bond acceptors (Lipinski definition) is 6. The van der Waals surface area contributed by atoms with Crippen LogP contribution >= 0.6 is 12.6 Å². The van der Waals surface area contributed by atoms with Gasteiger partial charge in [0.1, 0.15) is 12.2 Å². The van der Waals surface area contributed by atoms with Crippen molar-refractivity contribution < 1.29 is 30.3 Å². The van der Waals surface area contributed by atoms with E-state index in [1.807, 2.05) is 20.8 Å². The molecule has 0 amide bonds. The molecule has 0 aromatic heterocycles. The Kier molecular flexibility index (Phi) is 11.5. The van der Waals surface area contributed by atoms with E-state index in [2.05, 4.69) is 12.6 Å². The minimum atomic E-state index is -1.27. The Morgan fingerprint density at radius 3 is 1.84 bits per heavy atom. The zero-order valence-corrected chi connectivity index (χ0v) is 12.5. The van der Waals surface area contributed by atoms with Crippen LogP contribution in [0.3, 0.4) is 0 Å². The predicted molar refractivity (Wildman–Crippen MR) is 75.3 cm³/mol. The van der Waals surface area contributed by atoms with Crippen LogP contribution in [0, 0.1) is 5.41 Å². The third-order valence-corrected chi connectivity index (χ3v) is 2.35. The molecule has 0 aromatic carbocycles. The Balaban J connectivity index is 0. The number of rotatable bonds is 6. The standard InChI is InChI=1S/C9H20O4.C3H6O2S/c1-9(2,3)4-6(11)8(13)7(12)5-10;4-3(5)1-2-6/h6-8,10-13H,4-5H2,1-3H3;6H,1-2H2,(H,4,5)/t6?,7-,8+;/m1./s1. The van der Waals surface area contributed by atoms with E-state index < -0.39 is 30.9 Å². The number of carboxylic acid groups (broad SMARTS) is 1. The molecule has 3 atom stereocenters. The maximum Gasteiger partial charge on any atom is 0.304 e. The third-order valence-electron chi connectivity index (χ3n) is 2.12. The minimum absolute atomic E-state index is 0.116. The Labute approximate surface area is 119 Å². The maximum atomic E-state index is 9.55. The summed E-state index contributed by atoms with van der Waals surface area (Å²) < 4.78 is 0. The SMILES string of the molecule is CC(C)(C)CC(O)[C@H](O)[C@H](O)CO.O=C(O)CCS. The van der Waals surface area contributed by atoms with Crippen molar-refractivity contribution in [2.24, 2.45) is 5.41 Å². The van der Waals surface area contributed by atoms with E-state index in [1.165, 1.54) is 0 Å². The molecular formula is C12H26O6S. The largest absolute Gasteiger partial charge is 0.481 e. The average Bonchev–Trinajstić information content (AvgIpc) is 2.25. The van der Waals surface area contributed by atoms with E-state index in [0.29, 0.717) is 12.2 Å². The molecule has 5 N–H and O–H groups in total. The van der Waals surface area contributed by atoms with Gasteiger partial charge in [-0.2, -0.15) is 12.6 Å². The van der Waals surface area contributed by atoms with Gasteiger partial charge in [-0.15, -0.1) is 0 Å². The van der Waals surface area contributed by atoms with Gasteiger partial charge in [-0.05, 0) is 11.8 Å². The van der Waals surface area contributed by atoms with E-state index in [4.69, 9.17) is 15.3 Å². The van der Waals surface area contributed by atoms with E-state index >= 15 is 0 Å². The van der Waals surface area contributed by atoms with Crippen molar-refractivity contribution in [3.63, 3.8) is 0 Å². The first-order valence-corrected chi connectivity index (χ1v) is 6.66. The molecule has 0 spiro atoms. The lowest BCUT2D eigenvalue weighted by Crippen LogP contribution is -2.41. The van der Waals surface area contributed by atoms with Gasteiger partial charge in [-0.3, -0.25) is 4.79 Å². The smallest absolute Gasteiger partial charge is 0.304 e. The molecule has 0 bridgehead atoms. The second-order valence-electron chi connectivity index (χ2n) is 5.44. The summed E-state index contributed by atoms with van der Waals surface area (Å²) in [4.78, 5) is 9.55. The molecule has 116 valence electrons. The lowest BCUT2D eigenvalue weighted by Gasteiger charge is -2.27. The van der Waals surface area contributed by atoms with Crippen molar-refractivity contribution in [1.29, 1.82) is 0 Å². The fourth-order valence-electron chi connectivity index (χ4n) is 1.21. The van der Waals surface area contributed by atoms with Gasteiger partial charge in [0.25, 0.3) is 0 Å². The number of aliphatic carboxylic acids is 1. The lowest BCUT2D eigenvalue weighted by molar-refractivity contribution is -0.136. The van der Waals surface area contributed by atoms with Crippen LogP contribution in [-0.2, 0) is 4.79 Å². The van der Waals surface area contributed by atoms with Crippen molar-refractivity contribution in [2.45, 2.75) is 51.9 Å². The molecule has 0 aliphatic heterocycles. The summed E-state index contributed by atoms with van der Waals surface area (Å²) in [7, 11) is 0. The van der Waals surface area contributed by atoms with Crippen LogP contribution < -0.4 is 0 Å². The third kappa shape index (κ3) is 13.9. The minimum Gasteiger partial charge on any atom is -0.481 e. The van der Waals surface area contributed by atoms with Crippen molar-refractivity contribution in [2.75, 3.05) is 12.4 Å². The Morgan fingerprint density at radius 1 is 1.16 bits per heavy atom. The summed E-state index contributed by atoms with van der Waals surface area (Å²) in [6.45, 7) is 5.24. The molecule has 7 heteroatoms. The molecule has 0 aliphatic rings. The summed E-state index contributed by atoms with van der Waals surface area (Å²) >= 11 is 3.68. The Hall–Kier alpha value is -0.340. The number of aliphatic hydroxyl groups is 4. The summed E-state index contributed by atoms with van der Waals surface area (Å²) in [6.07, 6.45) is -3.00. The van der Waals surface area contributed by atoms with E-state index in [9.17, 15) is 15.0 Å². The van der Waals surface area contributed by atoms with Crippen molar-refractivity contribution >= 4 is 18.6 Å². The number of hydrogen-bond donors (Lipinski definition) is 6. The first kappa shape index (κ1) is 21.0. The van der Waals surface area contributed by atoms with E-state index in [-0.39, 0.29) is 11.8 Å². The highest BCUT2D eigenvalue weighted by molar-refractivity contribution is 7.80. The van der Waals surface area contributed by atoms with Gasteiger partial charge in [-0.1, -0.05) is 20.8 Å².